The second-order valence-electron chi connectivity index (χ2n) is 8.07. The monoisotopic (exact) mass is 460 g/mol. The third kappa shape index (κ3) is 4.02. The van der Waals surface area contributed by atoms with Crippen LogP contribution in [0.4, 0.5) is 5.82 Å². The standard InChI is InChI=1S/C19H24N8O6/c20-12(29)3-9-4-22-27(5-9)19-24-16(23-10-1-2-32-7-10)13-17(25-19)26(8-21-13)18-15(31)14(30)11(6-28)33-18/h4-5,8,10-11,14-15,18,28,30-31H,1-3,6-7H2,(H2,20,29)(H,23,24,25)/t10-,11-,14-,15+,18-/m1/s1. The van der Waals surface area contributed by atoms with Crippen LogP contribution in [0, 0.1) is 0 Å². The van der Waals surface area contributed by atoms with Crippen LogP contribution >= 0.6 is 0 Å². The molecule has 5 rings (SSSR count). The van der Waals surface area contributed by atoms with Gasteiger partial charge in [0.05, 0.1) is 38.2 Å². The van der Waals surface area contributed by atoms with E-state index in [0.717, 1.165) is 6.42 Å². The second-order valence-corrected chi connectivity index (χ2v) is 8.07. The molecular weight excluding hydrogens is 436 g/mol. The Morgan fingerprint density at radius 1 is 1.30 bits per heavy atom. The summed E-state index contributed by atoms with van der Waals surface area (Å²) in [7, 11) is 0. The van der Waals surface area contributed by atoms with E-state index >= 15 is 0 Å². The minimum absolute atomic E-state index is 0.0211. The van der Waals surface area contributed by atoms with Crippen LogP contribution in [-0.2, 0) is 20.7 Å². The molecule has 2 aliphatic heterocycles. The van der Waals surface area contributed by atoms with Gasteiger partial charge in [-0.1, -0.05) is 0 Å². The number of aliphatic hydroxyl groups is 3. The number of aliphatic hydroxyl groups excluding tert-OH is 3. The lowest BCUT2D eigenvalue weighted by Gasteiger charge is -2.17. The lowest BCUT2D eigenvalue weighted by molar-refractivity contribution is -0.117. The van der Waals surface area contributed by atoms with Crippen molar-refractivity contribution in [2.45, 2.75) is 43.4 Å². The predicted molar refractivity (Wildman–Crippen MR) is 111 cm³/mol. The molecule has 2 fully saturated rings. The highest BCUT2D eigenvalue weighted by atomic mass is 16.6. The second kappa shape index (κ2) is 8.64. The van der Waals surface area contributed by atoms with Gasteiger partial charge >= 0.3 is 0 Å². The number of fused-ring (bicyclic) bond motifs is 1. The molecule has 0 spiro atoms. The van der Waals surface area contributed by atoms with Crippen LogP contribution in [0.25, 0.3) is 17.1 Å². The first kappa shape index (κ1) is 21.7. The van der Waals surface area contributed by atoms with Crippen LogP contribution in [0.1, 0.15) is 18.2 Å². The number of rotatable bonds is 7. The zero-order chi connectivity index (χ0) is 23.1. The number of hydrogen-bond donors (Lipinski definition) is 5. The first-order valence-corrected chi connectivity index (χ1v) is 10.5. The SMILES string of the molecule is NC(=O)Cc1cnn(-c2nc(N[C@@H]3CCOC3)c3ncn([C@@H]4O[C@H](CO)[C@@H](O)[C@@H]4O)c3n2)c1. The Bertz CT molecular complexity index is 1160. The van der Waals surface area contributed by atoms with Crippen LogP contribution in [0.15, 0.2) is 18.7 Å². The van der Waals surface area contributed by atoms with Gasteiger partial charge < -0.3 is 35.8 Å². The number of nitrogens with two attached hydrogens (primary N) is 1. The Balaban J connectivity index is 1.58. The van der Waals surface area contributed by atoms with E-state index in [0.29, 0.717) is 35.8 Å². The topological polar surface area (TPSA) is 196 Å². The maximum Gasteiger partial charge on any atom is 0.254 e. The molecule has 0 unspecified atom stereocenters. The van der Waals surface area contributed by atoms with Crippen LogP contribution in [-0.4, -0.2) is 94.7 Å². The molecule has 33 heavy (non-hydrogen) atoms. The molecule has 176 valence electrons. The fourth-order valence-corrected chi connectivity index (χ4v) is 4.01. The quantitative estimate of drug-likeness (QED) is 0.258. The number of nitrogens with one attached hydrogen (secondary N) is 1. The van der Waals surface area contributed by atoms with Crippen molar-refractivity contribution in [3.8, 4) is 5.95 Å². The van der Waals surface area contributed by atoms with Crippen LogP contribution < -0.4 is 11.1 Å². The lowest BCUT2D eigenvalue weighted by atomic mass is 10.1. The highest BCUT2D eigenvalue weighted by Gasteiger charge is 2.44. The Morgan fingerprint density at radius 3 is 2.85 bits per heavy atom. The Labute approximate surface area is 187 Å². The highest BCUT2D eigenvalue weighted by Crippen LogP contribution is 2.33. The van der Waals surface area contributed by atoms with Gasteiger partial charge in [0.25, 0.3) is 5.95 Å². The fraction of sp³-hybridized carbons (Fsp3) is 0.526. The Hall–Kier alpha value is -3.17. The van der Waals surface area contributed by atoms with E-state index in [-0.39, 0.29) is 18.4 Å². The molecule has 2 aliphatic rings. The molecule has 0 aliphatic carbocycles. The molecule has 0 bridgehead atoms. The molecule has 5 heterocycles. The van der Waals surface area contributed by atoms with E-state index in [4.69, 9.17) is 15.2 Å². The minimum Gasteiger partial charge on any atom is -0.394 e. The summed E-state index contributed by atoms with van der Waals surface area (Å²) in [5, 5.41) is 37.6. The van der Waals surface area contributed by atoms with Crippen LogP contribution in [0.5, 0.6) is 0 Å². The van der Waals surface area contributed by atoms with Gasteiger partial charge in [0.1, 0.15) is 18.3 Å². The molecule has 3 aromatic rings. The molecule has 2 saturated heterocycles. The van der Waals surface area contributed by atoms with Crippen molar-refractivity contribution in [1.29, 1.82) is 0 Å². The number of amides is 1. The molecule has 6 N–H and O–H groups in total. The first-order chi connectivity index (χ1) is 15.9. The molecule has 0 saturated carbocycles. The third-order valence-electron chi connectivity index (χ3n) is 5.69. The molecule has 14 heteroatoms. The van der Waals surface area contributed by atoms with Gasteiger partial charge in [-0.25, -0.2) is 9.67 Å². The molecule has 0 aromatic carbocycles. The van der Waals surface area contributed by atoms with Crippen LogP contribution in [0.3, 0.4) is 0 Å². The first-order valence-electron chi connectivity index (χ1n) is 10.5. The third-order valence-corrected chi connectivity index (χ3v) is 5.69. The largest absolute Gasteiger partial charge is 0.394 e. The number of ether oxygens (including phenoxy) is 2. The number of primary amides is 1. The maximum absolute atomic E-state index is 11.2. The molecular formula is C19H24N8O6. The average Bonchev–Trinajstić information content (AvgIpc) is 3.57. The molecule has 5 atom stereocenters. The summed E-state index contributed by atoms with van der Waals surface area (Å²) in [5.74, 6) is 0.132. The number of nitrogens with zero attached hydrogens (tertiary/aromatic N) is 6. The van der Waals surface area contributed by atoms with Gasteiger partial charge in [-0.15, -0.1) is 0 Å². The number of hydrogen-bond acceptors (Lipinski definition) is 11. The van der Waals surface area contributed by atoms with E-state index in [1.165, 1.54) is 21.8 Å². The van der Waals surface area contributed by atoms with Gasteiger partial charge in [-0.2, -0.15) is 15.1 Å². The smallest absolute Gasteiger partial charge is 0.254 e. The maximum atomic E-state index is 11.2. The number of aromatic nitrogens is 6. The Kier molecular flexibility index (Phi) is 5.67. The molecule has 1 amide bonds. The number of imidazole rings is 1. The Morgan fingerprint density at radius 2 is 2.15 bits per heavy atom. The number of carbonyl (C=O) groups excluding carboxylic acids is 1. The van der Waals surface area contributed by atoms with E-state index in [2.05, 4.69) is 25.4 Å². The normalized spacial score (nSPS) is 27.4. The summed E-state index contributed by atoms with van der Waals surface area (Å²) in [6.45, 7) is 0.693. The van der Waals surface area contributed by atoms with Gasteiger partial charge in [0.2, 0.25) is 5.91 Å². The molecule has 14 nitrogen and oxygen atoms in total. The van der Waals surface area contributed by atoms with Crippen molar-refractivity contribution in [1.82, 2.24) is 29.3 Å². The van der Waals surface area contributed by atoms with Gasteiger partial charge in [0, 0.05) is 12.8 Å². The summed E-state index contributed by atoms with van der Waals surface area (Å²) in [4.78, 5) is 24.8. The minimum atomic E-state index is -1.30. The van der Waals surface area contributed by atoms with Crippen molar-refractivity contribution in [2.75, 3.05) is 25.1 Å². The van der Waals surface area contributed by atoms with Gasteiger partial charge in [0.15, 0.2) is 23.2 Å². The number of anilines is 1. The fourth-order valence-electron chi connectivity index (χ4n) is 4.01. The summed E-state index contributed by atoms with van der Waals surface area (Å²) in [5.41, 5.74) is 6.61. The van der Waals surface area contributed by atoms with E-state index in [1.54, 1.807) is 6.20 Å². The highest BCUT2D eigenvalue weighted by molar-refractivity contribution is 5.84. The van der Waals surface area contributed by atoms with E-state index in [9.17, 15) is 20.1 Å². The van der Waals surface area contributed by atoms with Crippen molar-refractivity contribution < 1.29 is 29.6 Å². The number of carbonyl (C=O) groups is 1. The summed E-state index contributed by atoms with van der Waals surface area (Å²) >= 11 is 0. The summed E-state index contributed by atoms with van der Waals surface area (Å²) in [6.07, 6.45) is 0.811. The summed E-state index contributed by atoms with van der Waals surface area (Å²) in [6, 6.07) is 0.0260. The van der Waals surface area contributed by atoms with Crippen molar-refractivity contribution in [3.63, 3.8) is 0 Å². The van der Waals surface area contributed by atoms with Crippen molar-refractivity contribution in [2.24, 2.45) is 5.73 Å². The predicted octanol–water partition coefficient (Wildman–Crippen LogP) is -2.15. The zero-order valence-electron chi connectivity index (χ0n) is 17.5. The van der Waals surface area contributed by atoms with Gasteiger partial charge in [-0.3, -0.25) is 9.36 Å². The van der Waals surface area contributed by atoms with E-state index < -0.39 is 37.1 Å². The van der Waals surface area contributed by atoms with Crippen LogP contribution in [0.2, 0.25) is 0 Å². The molecule has 0 radical (unpaired) electrons. The van der Waals surface area contributed by atoms with E-state index in [1.807, 2.05) is 0 Å². The zero-order valence-corrected chi connectivity index (χ0v) is 17.5. The van der Waals surface area contributed by atoms with Crippen molar-refractivity contribution in [3.05, 3.63) is 24.3 Å². The van der Waals surface area contributed by atoms with Crippen molar-refractivity contribution >= 4 is 22.9 Å². The average molecular weight is 460 g/mol. The molecule has 3 aromatic heterocycles. The summed E-state index contributed by atoms with van der Waals surface area (Å²) < 4.78 is 14.0. The lowest BCUT2D eigenvalue weighted by Crippen LogP contribution is -2.33. The van der Waals surface area contributed by atoms with Gasteiger partial charge in [-0.05, 0) is 12.0 Å².